The third-order valence-corrected chi connectivity index (χ3v) is 5.13. The van der Waals surface area contributed by atoms with Crippen LogP contribution in [0.4, 0.5) is 4.39 Å². The van der Waals surface area contributed by atoms with Crippen LogP contribution in [0.2, 0.25) is 0 Å². The molecule has 4 nitrogen and oxygen atoms in total. The Morgan fingerprint density at radius 3 is 2.71 bits per heavy atom. The van der Waals surface area contributed by atoms with E-state index < -0.39 is 20.8 Å². The van der Waals surface area contributed by atoms with E-state index in [1.807, 2.05) is 0 Å². The molecule has 1 fully saturated rings. The van der Waals surface area contributed by atoms with Gasteiger partial charge in [0.25, 0.3) is 15.0 Å². The summed E-state index contributed by atoms with van der Waals surface area (Å²) in [5.41, 5.74) is -0.115. The average molecular weight is 334 g/mol. The van der Waals surface area contributed by atoms with E-state index in [4.69, 9.17) is 10.7 Å². The van der Waals surface area contributed by atoms with Crippen LogP contribution < -0.4 is 5.32 Å². The van der Waals surface area contributed by atoms with Crippen molar-refractivity contribution in [3.05, 3.63) is 29.1 Å². The zero-order chi connectivity index (χ0) is 15.8. The Morgan fingerprint density at radius 2 is 2.14 bits per heavy atom. The highest BCUT2D eigenvalue weighted by molar-refractivity contribution is 8.13. The third kappa shape index (κ3) is 3.74. The van der Waals surface area contributed by atoms with Crippen molar-refractivity contribution in [3.8, 4) is 0 Å². The van der Waals surface area contributed by atoms with Gasteiger partial charge in [0.2, 0.25) is 0 Å². The van der Waals surface area contributed by atoms with Crippen LogP contribution in [0.15, 0.2) is 17.0 Å². The van der Waals surface area contributed by atoms with Gasteiger partial charge in [-0.3, -0.25) is 4.79 Å². The normalized spacial score (nSPS) is 21.1. The van der Waals surface area contributed by atoms with E-state index >= 15 is 0 Å². The summed E-state index contributed by atoms with van der Waals surface area (Å²) in [6.45, 7) is 3.49. The molecular formula is C14H17ClFNO3S. The molecule has 0 aromatic heterocycles. The molecule has 2 unspecified atom stereocenters. The lowest BCUT2D eigenvalue weighted by Crippen LogP contribution is -2.28. The van der Waals surface area contributed by atoms with Crippen molar-refractivity contribution in [1.29, 1.82) is 0 Å². The fourth-order valence-electron chi connectivity index (χ4n) is 2.45. The lowest BCUT2D eigenvalue weighted by atomic mass is 10.1. The third-order valence-electron chi connectivity index (χ3n) is 3.67. The molecule has 0 spiro atoms. The molecule has 1 aliphatic rings. The van der Waals surface area contributed by atoms with Gasteiger partial charge in [-0.2, -0.15) is 0 Å². The van der Waals surface area contributed by atoms with Crippen molar-refractivity contribution >= 4 is 25.6 Å². The molecule has 7 heteroatoms. The quantitative estimate of drug-likeness (QED) is 0.842. The summed E-state index contributed by atoms with van der Waals surface area (Å²) in [4.78, 5) is 11.8. The highest BCUT2D eigenvalue weighted by Gasteiger charge is 2.37. The molecule has 116 valence electrons. The molecule has 0 heterocycles. The van der Waals surface area contributed by atoms with Gasteiger partial charge in [0, 0.05) is 16.7 Å². The smallest absolute Gasteiger partial charge is 0.261 e. The number of rotatable bonds is 5. The summed E-state index contributed by atoms with van der Waals surface area (Å²) in [6.07, 6.45) is 2.93. The number of benzene rings is 1. The Labute approximate surface area is 128 Å². The monoisotopic (exact) mass is 333 g/mol. The van der Waals surface area contributed by atoms with Gasteiger partial charge in [-0.1, -0.05) is 13.3 Å². The fourth-order valence-corrected chi connectivity index (χ4v) is 3.65. The van der Waals surface area contributed by atoms with Crippen molar-refractivity contribution in [3.63, 3.8) is 0 Å². The molecule has 0 radical (unpaired) electrons. The average Bonchev–Trinajstić information content (AvgIpc) is 3.05. The predicted octanol–water partition coefficient (Wildman–Crippen LogP) is 2.98. The van der Waals surface area contributed by atoms with Gasteiger partial charge in [0.15, 0.2) is 0 Å². The second-order valence-electron chi connectivity index (χ2n) is 5.40. The molecule has 1 amide bonds. The molecule has 1 aromatic rings. The van der Waals surface area contributed by atoms with E-state index in [1.165, 1.54) is 6.92 Å². The van der Waals surface area contributed by atoms with E-state index in [0.29, 0.717) is 5.92 Å². The minimum atomic E-state index is -4.01. The second kappa shape index (κ2) is 5.93. The van der Waals surface area contributed by atoms with E-state index in [2.05, 4.69) is 12.2 Å². The van der Waals surface area contributed by atoms with Gasteiger partial charge in [-0.05, 0) is 43.4 Å². The van der Waals surface area contributed by atoms with Gasteiger partial charge in [-0.25, -0.2) is 12.8 Å². The van der Waals surface area contributed by atoms with Gasteiger partial charge in [-0.15, -0.1) is 0 Å². The van der Waals surface area contributed by atoms with Crippen LogP contribution in [0, 0.1) is 18.7 Å². The van der Waals surface area contributed by atoms with E-state index in [9.17, 15) is 17.6 Å². The van der Waals surface area contributed by atoms with Crippen LogP contribution in [0.5, 0.6) is 0 Å². The second-order valence-corrected chi connectivity index (χ2v) is 7.93. The summed E-state index contributed by atoms with van der Waals surface area (Å²) in [7, 11) is 1.28. The zero-order valence-corrected chi connectivity index (χ0v) is 13.4. The molecule has 2 rings (SSSR count). The summed E-state index contributed by atoms with van der Waals surface area (Å²) in [5.74, 6) is -0.914. The van der Waals surface area contributed by atoms with Crippen molar-refractivity contribution in [2.45, 2.75) is 44.0 Å². The van der Waals surface area contributed by atoms with Crippen LogP contribution in [-0.4, -0.2) is 20.4 Å². The highest BCUT2D eigenvalue weighted by atomic mass is 35.7. The molecular weight excluding hydrogens is 317 g/mol. The Morgan fingerprint density at radius 1 is 1.48 bits per heavy atom. The number of carbonyl (C=O) groups is 1. The number of hydrogen-bond acceptors (Lipinski definition) is 3. The SMILES string of the molecule is CCCC1CC1NC(=O)c1cc(S(=O)(=O)Cl)c(C)cc1F. The van der Waals surface area contributed by atoms with Crippen LogP contribution >= 0.6 is 10.7 Å². The van der Waals surface area contributed by atoms with Crippen molar-refractivity contribution in [1.82, 2.24) is 5.32 Å². The number of carbonyl (C=O) groups excluding carboxylic acids is 1. The molecule has 1 saturated carbocycles. The zero-order valence-electron chi connectivity index (χ0n) is 11.8. The van der Waals surface area contributed by atoms with E-state index in [0.717, 1.165) is 31.4 Å². The fraction of sp³-hybridized carbons (Fsp3) is 0.500. The molecule has 1 aliphatic carbocycles. The first kappa shape index (κ1) is 16.2. The largest absolute Gasteiger partial charge is 0.349 e. The molecule has 1 aromatic carbocycles. The number of halogens is 2. The maximum absolute atomic E-state index is 13.9. The number of aryl methyl sites for hydroxylation is 1. The van der Waals surface area contributed by atoms with Crippen molar-refractivity contribution < 1.29 is 17.6 Å². The van der Waals surface area contributed by atoms with Gasteiger partial charge >= 0.3 is 0 Å². The highest BCUT2D eigenvalue weighted by Crippen LogP contribution is 2.35. The molecule has 21 heavy (non-hydrogen) atoms. The van der Waals surface area contributed by atoms with Gasteiger partial charge in [0.1, 0.15) is 5.82 Å². The molecule has 0 saturated heterocycles. The van der Waals surface area contributed by atoms with Gasteiger partial charge < -0.3 is 5.32 Å². The Bertz CT molecular complexity index is 675. The summed E-state index contributed by atoms with van der Waals surface area (Å²) in [5, 5.41) is 2.73. The first-order valence-corrected chi connectivity index (χ1v) is 9.10. The van der Waals surface area contributed by atoms with Crippen LogP contribution in [0.3, 0.4) is 0 Å². The Hall–Kier alpha value is -1.14. The maximum atomic E-state index is 13.9. The number of amides is 1. The number of nitrogens with one attached hydrogen (secondary N) is 1. The topological polar surface area (TPSA) is 63.2 Å². The lowest BCUT2D eigenvalue weighted by Gasteiger charge is -2.09. The predicted molar refractivity (Wildman–Crippen MR) is 78.4 cm³/mol. The molecule has 0 bridgehead atoms. The van der Waals surface area contributed by atoms with Crippen LogP contribution in [-0.2, 0) is 9.05 Å². The van der Waals surface area contributed by atoms with Crippen LogP contribution in [0.1, 0.15) is 42.1 Å². The molecule has 2 atom stereocenters. The Balaban J connectivity index is 2.22. The van der Waals surface area contributed by atoms with Crippen molar-refractivity contribution in [2.75, 3.05) is 0 Å². The molecule has 0 aliphatic heterocycles. The first-order chi connectivity index (χ1) is 9.74. The van der Waals surface area contributed by atoms with E-state index in [1.54, 1.807) is 0 Å². The van der Waals surface area contributed by atoms with Crippen LogP contribution in [0.25, 0.3) is 0 Å². The minimum Gasteiger partial charge on any atom is -0.349 e. The summed E-state index contributed by atoms with van der Waals surface area (Å²) in [6, 6.07) is 2.06. The minimum absolute atomic E-state index is 0.0502. The number of hydrogen-bond donors (Lipinski definition) is 1. The lowest BCUT2D eigenvalue weighted by molar-refractivity contribution is 0.0944. The van der Waals surface area contributed by atoms with E-state index in [-0.39, 0.29) is 22.1 Å². The first-order valence-electron chi connectivity index (χ1n) is 6.79. The Kier molecular flexibility index (Phi) is 4.58. The summed E-state index contributed by atoms with van der Waals surface area (Å²) >= 11 is 0. The van der Waals surface area contributed by atoms with Crippen molar-refractivity contribution in [2.24, 2.45) is 5.92 Å². The van der Waals surface area contributed by atoms with Gasteiger partial charge in [0.05, 0.1) is 10.5 Å². The summed E-state index contributed by atoms with van der Waals surface area (Å²) < 4.78 is 36.7. The molecule has 1 N–H and O–H groups in total. The standard InChI is InChI=1S/C14H17ClFNO3S/c1-3-4-9-6-12(9)17-14(18)10-7-13(21(15,19)20)8(2)5-11(10)16/h5,7,9,12H,3-4,6H2,1-2H3,(H,17,18). The maximum Gasteiger partial charge on any atom is 0.261 e.